The predicted octanol–water partition coefficient (Wildman–Crippen LogP) is 2.90. The average Bonchev–Trinajstić information content (AvgIpc) is 3.23. The fourth-order valence-corrected chi connectivity index (χ4v) is 3.54. The molecule has 0 radical (unpaired) electrons. The van der Waals surface area contributed by atoms with Crippen LogP contribution in [0.15, 0.2) is 28.9 Å². The first-order valence-electron chi connectivity index (χ1n) is 9.11. The van der Waals surface area contributed by atoms with E-state index in [9.17, 15) is 9.59 Å². The van der Waals surface area contributed by atoms with Crippen LogP contribution in [-0.4, -0.2) is 43.1 Å². The molecule has 0 saturated carbocycles. The Bertz CT molecular complexity index is 863. The van der Waals surface area contributed by atoms with E-state index in [0.29, 0.717) is 13.2 Å². The van der Waals surface area contributed by atoms with Crippen molar-refractivity contribution in [3.63, 3.8) is 0 Å². The molecule has 0 spiro atoms. The second-order valence-electron chi connectivity index (χ2n) is 6.58. The number of cyclic esters (lactones) is 1. The van der Waals surface area contributed by atoms with E-state index in [1.165, 1.54) is 0 Å². The molecule has 1 aromatic carbocycles. The number of nitrogens with one attached hydrogen (secondary N) is 1. The molecule has 0 bridgehead atoms. The van der Waals surface area contributed by atoms with E-state index in [-0.39, 0.29) is 6.54 Å². The van der Waals surface area contributed by atoms with Crippen LogP contribution in [0, 0.1) is 0 Å². The van der Waals surface area contributed by atoms with Crippen molar-refractivity contribution in [1.29, 1.82) is 0 Å². The zero-order valence-electron chi connectivity index (χ0n) is 15.1. The van der Waals surface area contributed by atoms with Gasteiger partial charge >= 0.3 is 12.2 Å². The van der Waals surface area contributed by atoms with Crippen LogP contribution in [0.3, 0.4) is 0 Å². The first-order valence-corrected chi connectivity index (χ1v) is 9.11. The maximum atomic E-state index is 12.3. The number of anilines is 1. The summed E-state index contributed by atoms with van der Waals surface area (Å²) in [5, 5.41) is 6.51. The summed E-state index contributed by atoms with van der Waals surface area (Å²) in [6, 6.07) is 5.94. The first-order chi connectivity index (χ1) is 13.2. The minimum Gasteiger partial charge on any atom is -0.450 e. The van der Waals surface area contributed by atoms with Gasteiger partial charge in [0, 0.05) is 17.7 Å². The maximum Gasteiger partial charge on any atom is 0.414 e. The quantitative estimate of drug-likeness (QED) is 0.888. The molecule has 1 atom stereocenters. The van der Waals surface area contributed by atoms with Gasteiger partial charge in [-0.15, -0.1) is 0 Å². The second-order valence-corrected chi connectivity index (χ2v) is 6.58. The van der Waals surface area contributed by atoms with Gasteiger partial charge in [0.1, 0.15) is 11.9 Å². The van der Waals surface area contributed by atoms with Gasteiger partial charge in [-0.3, -0.25) is 4.90 Å². The number of fused-ring (bicyclic) bond motifs is 3. The van der Waals surface area contributed by atoms with E-state index in [1.54, 1.807) is 18.0 Å². The van der Waals surface area contributed by atoms with Crippen molar-refractivity contribution in [1.82, 2.24) is 10.5 Å². The lowest BCUT2D eigenvalue weighted by atomic mass is 9.99. The molecule has 2 aromatic rings. The minimum atomic E-state index is -0.512. The van der Waals surface area contributed by atoms with Gasteiger partial charge in [0.05, 0.1) is 25.9 Å². The Kier molecular flexibility index (Phi) is 4.70. The van der Waals surface area contributed by atoms with Crippen molar-refractivity contribution in [2.45, 2.75) is 32.3 Å². The van der Waals surface area contributed by atoms with E-state index >= 15 is 0 Å². The zero-order chi connectivity index (χ0) is 18.8. The Morgan fingerprint density at radius 2 is 2.26 bits per heavy atom. The van der Waals surface area contributed by atoms with Crippen molar-refractivity contribution in [2.24, 2.45) is 0 Å². The van der Waals surface area contributed by atoms with Crippen LogP contribution in [0.1, 0.15) is 24.7 Å². The molecule has 1 aliphatic heterocycles. The number of alkyl carbamates (subject to hydrolysis) is 1. The summed E-state index contributed by atoms with van der Waals surface area (Å²) in [5.74, 6) is 0.909. The SMILES string of the molecule is CCOC(=O)NC[C@H]1CN(c2ccc3c(c2)CCCc2oncc2-3)C(=O)O1. The van der Waals surface area contributed by atoms with Gasteiger partial charge < -0.3 is 19.3 Å². The highest BCUT2D eigenvalue weighted by atomic mass is 16.6. The van der Waals surface area contributed by atoms with Gasteiger partial charge in [0.25, 0.3) is 0 Å². The normalized spacial score (nSPS) is 18.3. The fraction of sp³-hybridized carbons (Fsp3) is 0.421. The number of hydrogen-bond acceptors (Lipinski definition) is 6. The molecule has 27 heavy (non-hydrogen) atoms. The highest BCUT2D eigenvalue weighted by molar-refractivity contribution is 5.90. The maximum absolute atomic E-state index is 12.3. The van der Waals surface area contributed by atoms with Crippen LogP contribution < -0.4 is 10.2 Å². The van der Waals surface area contributed by atoms with Crippen molar-refractivity contribution in [2.75, 3.05) is 24.6 Å². The smallest absolute Gasteiger partial charge is 0.414 e. The van der Waals surface area contributed by atoms with E-state index in [2.05, 4.69) is 10.5 Å². The molecule has 1 aliphatic carbocycles. The van der Waals surface area contributed by atoms with Gasteiger partial charge in [-0.2, -0.15) is 0 Å². The minimum absolute atomic E-state index is 0.218. The summed E-state index contributed by atoms with van der Waals surface area (Å²) in [4.78, 5) is 25.3. The number of amides is 2. The Morgan fingerprint density at radius 1 is 1.37 bits per heavy atom. The van der Waals surface area contributed by atoms with E-state index < -0.39 is 18.3 Å². The third kappa shape index (κ3) is 3.47. The number of benzene rings is 1. The number of ether oxygens (including phenoxy) is 2. The average molecular weight is 371 g/mol. The van der Waals surface area contributed by atoms with Gasteiger partial charge in [-0.1, -0.05) is 11.2 Å². The fourth-order valence-electron chi connectivity index (χ4n) is 3.54. The highest BCUT2D eigenvalue weighted by Gasteiger charge is 2.33. The molecule has 8 nitrogen and oxygen atoms in total. The molecule has 2 amide bonds. The predicted molar refractivity (Wildman–Crippen MR) is 96.6 cm³/mol. The van der Waals surface area contributed by atoms with Crippen LogP contribution in [0.2, 0.25) is 0 Å². The van der Waals surface area contributed by atoms with E-state index in [0.717, 1.165) is 47.4 Å². The Hall–Kier alpha value is -3.03. The number of carbonyl (C=O) groups excluding carboxylic acids is 2. The number of rotatable bonds is 4. The molecule has 0 unspecified atom stereocenters. The molecule has 1 fully saturated rings. The number of carbonyl (C=O) groups is 2. The number of aryl methyl sites for hydroxylation is 2. The highest BCUT2D eigenvalue weighted by Crippen LogP contribution is 2.35. The second kappa shape index (κ2) is 7.30. The lowest BCUT2D eigenvalue weighted by Crippen LogP contribution is -2.35. The largest absolute Gasteiger partial charge is 0.450 e. The van der Waals surface area contributed by atoms with Gasteiger partial charge in [-0.05, 0) is 43.0 Å². The topological polar surface area (TPSA) is 93.9 Å². The Morgan fingerprint density at radius 3 is 3.11 bits per heavy atom. The van der Waals surface area contributed by atoms with Crippen LogP contribution in [0.4, 0.5) is 15.3 Å². The number of hydrogen-bond donors (Lipinski definition) is 1. The van der Waals surface area contributed by atoms with Crippen molar-refractivity contribution < 1.29 is 23.6 Å². The standard InChI is InChI=1S/C19H21N3O5/c1-2-25-18(23)20-9-14-11-22(19(24)26-14)13-6-7-15-12(8-13)4-3-5-17-16(15)10-21-27-17/h6-8,10,14H,2-5,9,11H2,1H3,(H,20,23)/t14-/m0/s1. The molecule has 1 aromatic heterocycles. The Balaban J connectivity index is 1.49. The van der Waals surface area contributed by atoms with Gasteiger partial charge in [0.15, 0.2) is 0 Å². The van der Waals surface area contributed by atoms with E-state index in [1.807, 2.05) is 18.2 Å². The third-order valence-corrected chi connectivity index (χ3v) is 4.81. The van der Waals surface area contributed by atoms with Crippen LogP contribution in [-0.2, 0) is 22.3 Å². The van der Waals surface area contributed by atoms with Crippen molar-refractivity contribution in [3.05, 3.63) is 35.7 Å². The molecule has 1 N–H and O–H groups in total. The lowest BCUT2D eigenvalue weighted by molar-refractivity contribution is 0.127. The molecular weight excluding hydrogens is 350 g/mol. The summed E-state index contributed by atoms with van der Waals surface area (Å²) in [5.41, 5.74) is 4.07. The third-order valence-electron chi connectivity index (χ3n) is 4.81. The summed E-state index contributed by atoms with van der Waals surface area (Å²) < 4.78 is 15.5. The summed E-state index contributed by atoms with van der Waals surface area (Å²) in [6.45, 7) is 2.63. The van der Waals surface area contributed by atoms with E-state index in [4.69, 9.17) is 14.0 Å². The summed E-state index contributed by atoms with van der Waals surface area (Å²) >= 11 is 0. The molecular formula is C19H21N3O5. The first kappa shape index (κ1) is 17.4. The van der Waals surface area contributed by atoms with Gasteiger partial charge in [-0.25, -0.2) is 9.59 Å². The summed E-state index contributed by atoms with van der Waals surface area (Å²) in [7, 11) is 0. The van der Waals surface area contributed by atoms with Crippen molar-refractivity contribution >= 4 is 17.9 Å². The molecule has 1 saturated heterocycles. The van der Waals surface area contributed by atoms with Crippen LogP contribution in [0.5, 0.6) is 0 Å². The lowest BCUT2D eigenvalue weighted by Gasteiger charge is -2.16. The molecule has 2 aliphatic rings. The molecule has 4 rings (SSSR count). The molecule has 8 heteroatoms. The number of nitrogens with zero attached hydrogens (tertiary/aromatic N) is 2. The number of aromatic nitrogens is 1. The van der Waals surface area contributed by atoms with Gasteiger partial charge in [0.2, 0.25) is 0 Å². The molecule has 142 valence electrons. The van der Waals surface area contributed by atoms with Crippen LogP contribution >= 0.6 is 0 Å². The Labute approximate surface area is 156 Å². The summed E-state index contributed by atoms with van der Waals surface area (Å²) in [6.07, 6.45) is 3.14. The zero-order valence-corrected chi connectivity index (χ0v) is 15.1. The van der Waals surface area contributed by atoms with Crippen molar-refractivity contribution in [3.8, 4) is 11.1 Å². The monoisotopic (exact) mass is 371 g/mol. The van der Waals surface area contributed by atoms with Crippen LogP contribution in [0.25, 0.3) is 11.1 Å². The molecule has 2 heterocycles.